The van der Waals surface area contributed by atoms with Crippen LogP contribution in [-0.4, -0.2) is 22.9 Å². The lowest BCUT2D eigenvalue weighted by Crippen LogP contribution is -2.16. The predicted octanol–water partition coefficient (Wildman–Crippen LogP) is 4.62. The number of Topliss-reactive ketones (excluding diaryl/α,β-unsaturated/α-hetero) is 1. The Kier molecular flexibility index (Phi) is 7.49. The number of esters is 1. The Labute approximate surface area is 170 Å². The zero-order valence-electron chi connectivity index (χ0n) is 17.2. The Morgan fingerprint density at radius 3 is 2.59 bits per heavy atom. The minimum atomic E-state index is -0.913. The van der Waals surface area contributed by atoms with Crippen LogP contribution in [0.3, 0.4) is 0 Å². The summed E-state index contributed by atoms with van der Waals surface area (Å²) in [5.74, 6) is -1.70. The molecule has 0 atom stereocenters. The molecular formula is C23H25FN2O3. The SMILES string of the molecule is Cc1cc(/C=C(\C#N)C(=O)OCC(=O)c2ccccc2F)c(C)n1CCC(C)C. The van der Waals surface area contributed by atoms with E-state index >= 15 is 0 Å². The molecule has 29 heavy (non-hydrogen) atoms. The van der Waals surface area contributed by atoms with E-state index < -0.39 is 24.2 Å². The zero-order valence-corrected chi connectivity index (χ0v) is 17.2. The second kappa shape index (κ2) is 9.83. The summed E-state index contributed by atoms with van der Waals surface area (Å²) in [6.45, 7) is 8.44. The van der Waals surface area contributed by atoms with Crippen molar-refractivity contribution in [1.29, 1.82) is 5.26 Å². The molecule has 0 aliphatic carbocycles. The maximum absolute atomic E-state index is 13.6. The molecule has 0 aliphatic rings. The summed E-state index contributed by atoms with van der Waals surface area (Å²) in [4.78, 5) is 24.3. The van der Waals surface area contributed by atoms with Gasteiger partial charge in [0, 0.05) is 17.9 Å². The third kappa shape index (κ3) is 5.64. The molecule has 0 unspecified atom stereocenters. The van der Waals surface area contributed by atoms with Gasteiger partial charge in [-0.2, -0.15) is 5.26 Å². The Balaban J connectivity index is 2.12. The second-order valence-electron chi connectivity index (χ2n) is 7.31. The number of benzene rings is 1. The van der Waals surface area contributed by atoms with E-state index in [-0.39, 0.29) is 11.1 Å². The number of ether oxygens (including phenoxy) is 1. The van der Waals surface area contributed by atoms with Gasteiger partial charge in [0.2, 0.25) is 5.78 Å². The van der Waals surface area contributed by atoms with E-state index in [1.54, 1.807) is 0 Å². The molecule has 6 heteroatoms. The molecule has 152 valence electrons. The van der Waals surface area contributed by atoms with Crippen molar-refractivity contribution in [3.05, 3.63) is 64.2 Å². The Bertz CT molecular complexity index is 980. The van der Waals surface area contributed by atoms with Crippen LogP contribution in [-0.2, 0) is 16.1 Å². The summed E-state index contributed by atoms with van der Waals surface area (Å²) < 4.78 is 20.7. The molecule has 0 saturated carbocycles. The molecule has 2 aromatic rings. The van der Waals surface area contributed by atoms with E-state index in [2.05, 4.69) is 18.4 Å². The number of carbonyl (C=O) groups is 2. The highest BCUT2D eigenvalue weighted by Gasteiger charge is 2.17. The van der Waals surface area contributed by atoms with Gasteiger partial charge in [0.05, 0.1) is 5.56 Å². The fourth-order valence-electron chi connectivity index (χ4n) is 2.97. The molecule has 0 saturated heterocycles. The van der Waals surface area contributed by atoms with Gasteiger partial charge in [0.25, 0.3) is 0 Å². The number of carbonyl (C=O) groups excluding carboxylic acids is 2. The van der Waals surface area contributed by atoms with Gasteiger partial charge in [0.1, 0.15) is 17.5 Å². The standard InChI is InChI=1S/C23H25FN2O3/c1-15(2)9-10-26-16(3)11-18(17(26)4)12-19(13-25)23(28)29-14-22(27)20-7-5-6-8-21(20)24/h5-8,11-12,15H,9-10,14H2,1-4H3/b19-12+. The van der Waals surface area contributed by atoms with Crippen molar-refractivity contribution in [3.63, 3.8) is 0 Å². The normalized spacial score (nSPS) is 11.4. The molecule has 2 rings (SSSR count). The monoisotopic (exact) mass is 396 g/mol. The highest BCUT2D eigenvalue weighted by molar-refractivity contribution is 6.02. The smallest absolute Gasteiger partial charge is 0.349 e. The van der Waals surface area contributed by atoms with Crippen molar-refractivity contribution >= 4 is 17.8 Å². The number of aryl methyl sites for hydroxylation is 1. The lowest BCUT2D eigenvalue weighted by Gasteiger charge is -2.11. The number of aromatic nitrogens is 1. The van der Waals surface area contributed by atoms with Crippen molar-refractivity contribution in [1.82, 2.24) is 4.57 Å². The summed E-state index contributed by atoms with van der Waals surface area (Å²) in [5.41, 5.74) is 2.37. The fraction of sp³-hybridized carbons (Fsp3) is 0.348. The van der Waals surface area contributed by atoms with Gasteiger partial charge in [0.15, 0.2) is 6.61 Å². The number of nitrogens with zero attached hydrogens (tertiary/aromatic N) is 2. The van der Waals surface area contributed by atoms with Crippen molar-refractivity contribution < 1.29 is 18.7 Å². The van der Waals surface area contributed by atoms with E-state index in [4.69, 9.17) is 4.74 Å². The van der Waals surface area contributed by atoms with Crippen LogP contribution >= 0.6 is 0 Å². The number of hydrogen-bond donors (Lipinski definition) is 0. The minimum Gasteiger partial charge on any atom is -0.453 e. The van der Waals surface area contributed by atoms with Crippen LogP contribution in [0.4, 0.5) is 4.39 Å². The zero-order chi connectivity index (χ0) is 21.6. The highest BCUT2D eigenvalue weighted by atomic mass is 19.1. The number of nitriles is 1. The number of ketones is 1. The van der Waals surface area contributed by atoms with Crippen LogP contribution in [0, 0.1) is 36.9 Å². The highest BCUT2D eigenvalue weighted by Crippen LogP contribution is 2.20. The van der Waals surface area contributed by atoms with Crippen molar-refractivity contribution in [3.8, 4) is 6.07 Å². The maximum Gasteiger partial charge on any atom is 0.349 e. The van der Waals surface area contributed by atoms with Crippen LogP contribution < -0.4 is 0 Å². The third-order valence-electron chi connectivity index (χ3n) is 4.69. The van der Waals surface area contributed by atoms with Crippen molar-refractivity contribution in [2.75, 3.05) is 6.61 Å². The fourth-order valence-corrected chi connectivity index (χ4v) is 2.97. The van der Waals surface area contributed by atoms with Gasteiger partial charge in [-0.15, -0.1) is 0 Å². The van der Waals surface area contributed by atoms with Gasteiger partial charge in [-0.25, -0.2) is 9.18 Å². The van der Waals surface area contributed by atoms with Crippen LogP contribution in [0.1, 0.15) is 47.6 Å². The first-order chi connectivity index (χ1) is 13.7. The van der Waals surface area contributed by atoms with E-state index in [0.717, 1.165) is 36.0 Å². The average Bonchev–Trinajstić information content (AvgIpc) is 2.95. The predicted molar refractivity (Wildman–Crippen MR) is 109 cm³/mol. The number of rotatable bonds is 8. The molecule has 0 bridgehead atoms. The van der Waals surface area contributed by atoms with Gasteiger partial charge in [-0.1, -0.05) is 26.0 Å². The molecule has 0 amide bonds. The Morgan fingerprint density at radius 1 is 1.28 bits per heavy atom. The summed E-state index contributed by atoms with van der Waals surface area (Å²) in [6, 6.07) is 9.19. The summed E-state index contributed by atoms with van der Waals surface area (Å²) in [5, 5.41) is 9.36. The summed E-state index contributed by atoms with van der Waals surface area (Å²) >= 11 is 0. The Hall–Kier alpha value is -3.20. The molecule has 5 nitrogen and oxygen atoms in total. The van der Waals surface area contributed by atoms with Crippen LogP contribution in [0.2, 0.25) is 0 Å². The van der Waals surface area contributed by atoms with E-state index in [1.807, 2.05) is 26.0 Å². The molecule has 0 fully saturated rings. The second-order valence-corrected chi connectivity index (χ2v) is 7.31. The molecule has 0 spiro atoms. The molecule has 0 N–H and O–H groups in total. The largest absolute Gasteiger partial charge is 0.453 e. The Morgan fingerprint density at radius 2 is 1.97 bits per heavy atom. The van der Waals surface area contributed by atoms with E-state index in [1.165, 1.54) is 24.3 Å². The van der Waals surface area contributed by atoms with E-state index in [9.17, 15) is 19.2 Å². The molecule has 1 aromatic heterocycles. The first-order valence-electron chi connectivity index (χ1n) is 9.48. The van der Waals surface area contributed by atoms with E-state index in [0.29, 0.717) is 5.92 Å². The molecule has 0 radical (unpaired) electrons. The summed E-state index contributed by atoms with van der Waals surface area (Å²) in [7, 11) is 0. The summed E-state index contributed by atoms with van der Waals surface area (Å²) in [6.07, 6.45) is 2.48. The van der Waals surface area contributed by atoms with Gasteiger partial charge >= 0.3 is 5.97 Å². The average molecular weight is 396 g/mol. The van der Waals surface area contributed by atoms with Gasteiger partial charge in [-0.05, 0) is 56.0 Å². The number of halogens is 1. The first kappa shape index (κ1) is 22.1. The molecular weight excluding hydrogens is 371 g/mol. The van der Waals surface area contributed by atoms with Gasteiger partial charge < -0.3 is 9.30 Å². The molecule has 1 aromatic carbocycles. The minimum absolute atomic E-state index is 0.156. The maximum atomic E-state index is 13.6. The lowest BCUT2D eigenvalue weighted by molar-refractivity contribution is -0.137. The van der Waals surface area contributed by atoms with Crippen molar-refractivity contribution in [2.45, 2.75) is 40.7 Å². The van der Waals surface area contributed by atoms with Gasteiger partial charge in [-0.3, -0.25) is 4.79 Å². The quantitative estimate of drug-likeness (QED) is 0.282. The first-order valence-corrected chi connectivity index (χ1v) is 9.48. The topological polar surface area (TPSA) is 72.1 Å². The van der Waals surface area contributed by atoms with Crippen molar-refractivity contribution in [2.24, 2.45) is 5.92 Å². The van der Waals surface area contributed by atoms with Crippen LogP contribution in [0.15, 0.2) is 35.9 Å². The van der Waals surface area contributed by atoms with Crippen LogP contribution in [0.5, 0.6) is 0 Å². The van der Waals surface area contributed by atoms with Crippen LogP contribution in [0.25, 0.3) is 6.08 Å². The lowest BCUT2D eigenvalue weighted by atomic mass is 10.1. The molecule has 0 aliphatic heterocycles. The molecule has 1 heterocycles. The number of hydrogen-bond acceptors (Lipinski definition) is 4. The third-order valence-corrected chi connectivity index (χ3v) is 4.69.